The highest BCUT2D eigenvalue weighted by atomic mass is 28.3. The van der Waals surface area contributed by atoms with Gasteiger partial charge in [-0.1, -0.05) is 102 Å². The quantitative estimate of drug-likeness (QED) is 0.359. The summed E-state index contributed by atoms with van der Waals surface area (Å²) in [5, 5.41) is -4.03. The lowest BCUT2D eigenvalue weighted by Gasteiger charge is -2.58. The molecule has 2 bridgehead atoms. The van der Waals surface area contributed by atoms with Gasteiger partial charge in [0, 0.05) is 14.1 Å². The molecule has 0 radical (unpaired) electrons. The van der Waals surface area contributed by atoms with Crippen LogP contribution < -0.4 is 22.8 Å². The molecule has 10 nitrogen and oxygen atoms in total. The predicted molar refractivity (Wildman–Crippen MR) is 151 cm³/mol. The van der Waals surface area contributed by atoms with E-state index in [2.05, 4.69) is 41.5 Å². The van der Waals surface area contributed by atoms with Crippen LogP contribution in [0.25, 0.3) is 0 Å². The molecule has 4 heterocycles. The summed E-state index contributed by atoms with van der Waals surface area (Å²) in [5.74, 6) is 0. The third-order valence-electron chi connectivity index (χ3n) is 9.15. The molecule has 4 aromatic rings. The molecule has 0 spiro atoms. The molecule has 204 valence electrons. The van der Waals surface area contributed by atoms with E-state index in [1.54, 1.807) is 0 Å². The fourth-order valence-corrected chi connectivity index (χ4v) is 18.9. The third-order valence-corrected chi connectivity index (χ3v) is 17.2. The van der Waals surface area contributed by atoms with Crippen molar-refractivity contribution in [2.45, 2.75) is 62.2 Å². The van der Waals surface area contributed by atoms with E-state index < -0.39 is 51.5 Å². The minimum absolute atomic E-state index is 0.526. The van der Waals surface area contributed by atoms with E-state index in [1.165, 1.54) is 32.8 Å². The maximum absolute atomic E-state index is 14.3. The van der Waals surface area contributed by atoms with E-state index in [9.17, 15) is 19.2 Å². The Balaban J connectivity index is 2.13. The molecule has 11 heteroatoms. The van der Waals surface area contributed by atoms with Gasteiger partial charge in [-0.25, -0.2) is 28.3 Å². The SMILES string of the molecule is Cn1c(=O)n2n(c1=O)C1(c3ccccc3)n3c(=O)n(C)c(=O)n3C2(c2ccccc2)[Si]1(C(C)(C)C)C(C)(C)C. The Morgan fingerprint density at radius 2 is 0.769 bits per heavy atom. The van der Waals surface area contributed by atoms with E-state index in [0.29, 0.717) is 11.1 Å². The molecule has 0 N–H and O–H groups in total. The van der Waals surface area contributed by atoms with Gasteiger partial charge in [0.2, 0.25) is 0 Å². The second-order valence-electron chi connectivity index (χ2n) is 12.8. The fraction of sp³-hybridized carbons (Fsp3) is 0.429. The number of fused-ring (bicyclic) bond motifs is 8. The van der Waals surface area contributed by atoms with Crippen LogP contribution in [0.2, 0.25) is 10.1 Å². The maximum atomic E-state index is 14.3. The second kappa shape index (κ2) is 7.20. The molecule has 6 rings (SSSR count). The highest BCUT2D eigenvalue weighted by molar-refractivity contribution is 6.91. The van der Waals surface area contributed by atoms with Crippen molar-refractivity contribution in [2.24, 2.45) is 14.1 Å². The summed E-state index contributed by atoms with van der Waals surface area (Å²) in [4.78, 5) is 57.2. The first-order valence-corrected chi connectivity index (χ1v) is 15.1. The molecule has 2 aromatic carbocycles. The fourth-order valence-electron chi connectivity index (χ4n) is 8.74. The maximum Gasteiger partial charge on any atom is 0.349 e. The van der Waals surface area contributed by atoms with Crippen LogP contribution in [0.15, 0.2) is 79.8 Å². The second-order valence-corrected chi connectivity index (χ2v) is 18.7. The summed E-state index contributed by atoms with van der Waals surface area (Å²) in [7, 11) is -0.661. The molecule has 2 aliphatic rings. The molecule has 0 unspecified atom stereocenters. The van der Waals surface area contributed by atoms with Crippen molar-refractivity contribution in [3.05, 3.63) is 114 Å². The van der Waals surface area contributed by atoms with Crippen LogP contribution >= 0.6 is 0 Å². The molecule has 39 heavy (non-hydrogen) atoms. The molecule has 0 fully saturated rings. The molecule has 0 aliphatic carbocycles. The Labute approximate surface area is 225 Å². The Hall–Kier alpha value is -3.86. The van der Waals surface area contributed by atoms with Gasteiger partial charge in [-0.3, -0.25) is 0 Å². The monoisotopic (exact) mass is 546 g/mol. The first-order valence-electron chi connectivity index (χ1n) is 13.1. The van der Waals surface area contributed by atoms with E-state index in [0.717, 1.165) is 9.13 Å². The average Bonchev–Trinajstić information content (AvgIpc) is 3.48. The summed E-state index contributed by atoms with van der Waals surface area (Å²) in [6.45, 7) is 12.8. The number of aromatic nitrogens is 6. The molecule has 0 saturated heterocycles. The summed E-state index contributed by atoms with van der Waals surface area (Å²) in [5.41, 5.74) is -0.717. The molecule has 2 aromatic heterocycles. The smallest absolute Gasteiger partial charge is 0.246 e. The normalized spacial score (nSPS) is 23.2. The van der Waals surface area contributed by atoms with Crippen LogP contribution in [-0.4, -0.2) is 35.9 Å². The van der Waals surface area contributed by atoms with Crippen LogP contribution in [0.1, 0.15) is 52.7 Å². The Bertz CT molecular complexity index is 1680. The number of rotatable bonds is 2. The van der Waals surface area contributed by atoms with Crippen molar-refractivity contribution in [2.75, 3.05) is 0 Å². The largest absolute Gasteiger partial charge is 0.349 e. The van der Waals surface area contributed by atoms with Crippen molar-refractivity contribution in [3.8, 4) is 0 Å². The number of hydrogen-bond donors (Lipinski definition) is 0. The van der Waals surface area contributed by atoms with Gasteiger partial charge in [-0.15, -0.1) is 0 Å². The lowest BCUT2D eigenvalue weighted by molar-refractivity contribution is 0.175. The first-order chi connectivity index (χ1) is 18.2. The molecular formula is C28H34N6O4Si. The van der Waals surface area contributed by atoms with E-state index in [4.69, 9.17) is 0 Å². The topological polar surface area (TPSA) is 97.9 Å². The van der Waals surface area contributed by atoms with Gasteiger partial charge in [0.25, 0.3) is 0 Å². The van der Waals surface area contributed by atoms with Gasteiger partial charge >= 0.3 is 22.8 Å². The first kappa shape index (κ1) is 25.4. The molecular weight excluding hydrogens is 512 g/mol. The lowest BCUT2D eigenvalue weighted by atomic mass is 10.1. The van der Waals surface area contributed by atoms with Gasteiger partial charge in [0.1, 0.15) is 0 Å². The van der Waals surface area contributed by atoms with E-state index in [-0.39, 0.29) is 0 Å². The average molecular weight is 547 g/mol. The highest BCUT2D eigenvalue weighted by Crippen LogP contribution is 2.72. The molecule has 0 amide bonds. The van der Waals surface area contributed by atoms with Crippen molar-refractivity contribution >= 4 is 8.07 Å². The van der Waals surface area contributed by atoms with Gasteiger partial charge in [0.05, 0.1) is 0 Å². The lowest BCUT2D eigenvalue weighted by Crippen LogP contribution is -2.76. The van der Waals surface area contributed by atoms with Gasteiger partial charge in [-0.05, 0) is 21.2 Å². The van der Waals surface area contributed by atoms with Crippen LogP contribution in [-0.2, 0) is 24.7 Å². The van der Waals surface area contributed by atoms with Crippen LogP contribution in [0.5, 0.6) is 0 Å². The zero-order valence-corrected chi connectivity index (χ0v) is 24.6. The number of benzene rings is 2. The van der Waals surface area contributed by atoms with Crippen molar-refractivity contribution < 1.29 is 0 Å². The summed E-state index contributed by atoms with van der Waals surface area (Å²) < 4.78 is 8.23. The molecule has 2 aliphatic heterocycles. The van der Waals surface area contributed by atoms with Gasteiger partial charge < -0.3 is 0 Å². The molecule has 0 saturated carbocycles. The van der Waals surface area contributed by atoms with Gasteiger partial charge in [0.15, 0.2) is 18.6 Å². The van der Waals surface area contributed by atoms with E-state index >= 15 is 0 Å². The Morgan fingerprint density at radius 1 is 0.513 bits per heavy atom. The highest BCUT2D eigenvalue weighted by Gasteiger charge is 2.89. The van der Waals surface area contributed by atoms with Crippen LogP contribution in [0, 0.1) is 0 Å². The van der Waals surface area contributed by atoms with Gasteiger partial charge in [-0.2, -0.15) is 18.7 Å². The Kier molecular flexibility index (Phi) is 4.69. The van der Waals surface area contributed by atoms with E-state index in [1.807, 2.05) is 60.7 Å². The van der Waals surface area contributed by atoms with Crippen molar-refractivity contribution in [3.63, 3.8) is 0 Å². The van der Waals surface area contributed by atoms with Crippen LogP contribution in [0.4, 0.5) is 0 Å². The number of hydrogen-bond acceptors (Lipinski definition) is 4. The zero-order chi connectivity index (χ0) is 28.5. The molecule has 0 atom stereocenters. The predicted octanol–water partition coefficient (Wildman–Crippen LogP) is 1.96. The third kappa shape index (κ3) is 2.29. The summed E-state index contributed by atoms with van der Waals surface area (Å²) in [6, 6.07) is 18.9. The van der Waals surface area contributed by atoms with Crippen LogP contribution in [0.3, 0.4) is 0 Å². The summed E-state index contributed by atoms with van der Waals surface area (Å²) in [6.07, 6.45) is 0. The van der Waals surface area contributed by atoms with Crippen molar-refractivity contribution in [1.29, 1.82) is 0 Å². The zero-order valence-electron chi connectivity index (χ0n) is 23.6. The number of nitrogens with zero attached hydrogens (tertiary/aromatic N) is 6. The standard InChI is InChI=1S/C28H34N6O4Si/c1-25(2,3)39(26(4,5)6)27(19-15-11-9-12-16-19)31-21(35)29(7)22(36)32(31)28(39,20-17-13-10-14-18-20)34-24(38)30(8)23(37)33(27)34/h9-18H,1-8H3. The Morgan fingerprint density at radius 3 is 1.00 bits per heavy atom. The summed E-state index contributed by atoms with van der Waals surface area (Å²) >= 11 is 0. The minimum Gasteiger partial charge on any atom is -0.246 e. The van der Waals surface area contributed by atoms with Crippen molar-refractivity contribution in [1.82, 2.24) is 27.9 Å². The minimum atomic E-state index is -3.56.